The third kappa shape index (κ3) is 4.12. The Morgan fingerprint density at radius 1 is 1.18 bits per heavy atom. The summed E-state index contributed by atoms with van der Waals surface area (Å²) in [5, 5.41) is 19.0. The van der Waals surface area contributed by atoms with Crippen LogP contribution in [-0.2, 0) is 0 Å². The Kier molecular flexibility index (Phi) is 5.78. The molecular formula is C24H23N5O4. The number of pyridine rings is 1. The molecule has 2 aromatic carbocycles. The number of anilines is 1. The van der Waals surface area contributed by atoms with Gasteiger partial charge in [-0.25, -0.2) is 9.67 Å². The van der Waals surface area contributed by atoms with Gasteiger partial charge in [0.2, 0.25) is 0 Å². The minimum Gasteiger partial charge on any atom is -0.495 e. The maximum atomic E-state index is 13.4. The van der Waals surface area contributed by atoms with Crippen molar-refractivity contribution in [1.29, 1.82) is 0 Å². The molecule has 168 valence electrons. The van der Waals surface area contributed by atoms with Gasteiger partial charge >= 0.3 is 0 Å². The number of nitrogens with one attached hydrogen (secondary N) is 1. The fourth-order valence-corrected chi connectivity index (χ4v) is 3.68. The lowest BCUT2D eigenvalue weighted by Crippen LogP contribution is -2.14. The maximum absolute atomic E-state index is 13.4. The topological polar surface area (TPSA) is 112 Å². The molecule has 0 saturated carbocycles. The fraction of sp³-hybridized carbons (Fsp3) is 0.208. The van der Waals surface area contributed by atoms with Crippen LogP contribution in [0.4, 0.5) is 11.4 Å². The van der Waals surface area contributed by atoms with Gasteiger partial charge in [-0.05, 0) is 38.5 Å². The number of hydrogen-bond donors (Lipinski definition) is 1. The van der Waals surface area contributed by atoms with Crippen LogP contribution in [0.1, 0.15) is 35.8 Å². The van der Waals surface area contributed by atoms with E-state index in [1.807, 2.05) is 45.0 Å². The van der Waals surface area contributed by atoms with Gasteiger partial charge in [-0.3, -0.25) is 14.9 Å². The average Bonchev–Trinajstić information content (AvgIpc) is 3.23. The molecule has 0 aliphatic rings. The number of nitro groups is 1. The Bertz CT molecular complexity index is 1380. The van der Waals surface area contributed by atoms with Crippen LogP contribution >= 0.6 is 0 Å². The van der Waals surface area contributed by atoms with Gasteiger partial charge in [-0.2, -0.15) is 5.10 Å². The molecule has 9 heteroatoms. The largest absolute Gasteiger partial charge is 0.495 e. The van der Waals surface area contributed by atoms with Crippen LogP contribution in [0.25, 0.3) is 22.3 Å². The molecule has 2 aromatic heterocycles. The SMILES string of the molecule is COc1ccc([N+](=O)[O-])cc1NC(=O)c1cc(-c2ccccc2C)nc2c1cnn2C(C)C. The molecule has 0 fully saturated rings. The molecule has 4 aromatic rings. The maximum Gasteiger partial charge on any atom is 0.271 e. The summed E-state index contributed by atoms with van der Waals surface area (Å²) < 4.78 is 7.05. The standard InChI is InChI=1S/C24H23N5O4/c1-14(2)28-23-19(13-25-28)18(12-20(26-23)17-8-6-5-7-15(17)3)24(30)27-21-11-16(29(31)32)9-10-22(21)33-4/h5-14H,1-4H3,(H,27,30). The smallest absolute Gasteiger partial charge is 0.271 e. The molecule has 0 unspecified atom stereocenters. The molecule has 0 atom stereocenters. The van der Waals surface area contributed by atoms with Crippen molar-refractivity contribution in [3.8, 4) is 17.0 Å². The number of amides is 1. The number of carbonyl (C=O) groups excluding carboxylic acids is 1. The van der Waals surface area contributed by atoms with Crippen molar-refractivity contribution in [2.24, 2.45) is 0 Å². The van der Waals surface area contributed by atoms with Gasteiger partial charge in [0.1, 0.15) is 5.75 Å². The minimum absolute atomic E-state index is 0.0369. The molecule has 0 radical (unpaired) electrons. The fourth-order valence-electron chi connectivity index (χ4n) is 3.68. The van der Waals surface area contributed by atoms with Gasteiger partial charge in [0.15, 0.2) is 5.65 Å². The van der Waals surface area contributed by atoms with Crippen LogP contribution in [0.15, 0.2) is 54.7 Å². The van der Waals surface area contributed by atoms with E-state index in [9.17, 15) is 14.9 Å². The van der Waals surface area contributed by atoms with Gasteiger partial charge in [0, 0.05) is 23.7 Å². The van der Waals surface area contributed by atoms with Crippen LogP contribution in [0.5, 0.6) is 5.75 Å². The molecular weight excluding hydrogens is 422 g/mol. The Hall–Kier alpha value is -4.27. The summed E-state index contributed by atoms with van der Waals surface area (Å²) >= 11 is 0. The van der Waals surface area contributed by atoms with Crippen molar-refractivity contribution in [1.82, 2.24) is 14.8 Å². The van der Waals surface area contributed by atoms with E-state index in [-0.39, 0.29) is 17.4 Å². The van der Waals surface area contributed by atoms with Gasteiger partial charge < -0.3 is 10.1 Å². The van der Waals surface area contributed by atoms with Crippen LogP contribution in [0, 0.1) is 17.0 Å². The normalized spacial score (nSPS) is 11.1. The first kappa shape index (κ1) is 21.9. The van der Waals surface area contributed by atoms with E-state index in [0.29, 0.717) is 28.0 Å². The molecule has 9 nitrogen and oxygen atoms in total. The Labute approximate surface area is 190 Å². The summed E-state index contributed by atoms with van der Waals surface area (Å²) in [6.07, 6.45) is 1.61. The lowest BCUT2D eigenvalue weighted by Gasteiger charge is -2.13. The van der Waals surface area contributed by atoms with Gasteiger partial charge in [0.25, 0.3) is 11.6 Å². The molecule has 2 heterocycles. The number of fused-ring (bicyclic) bond motifs is 1. The van der Waals surface area contributed by atoms with E-state index in [1.54, 1.807) is 16.9 Å². The van der Waals surface area contributed by atoms with E-state index < -0.39 is 10.8 Å². The van der Waals surface area contributed by atoms with E-state index in [2.05, 4.69) is 10.4 Å². The number of nitro benzene ring substituents is 1. The highest BCUT2D eigenvalue weighted by atomic mass is 16.6. The van der Waals surface area contributed by atoms with Crippen molar-refractivity contribution in [2.75, 3.05) is 12.4 Å². The van der Waals surface area contributed by atoms with E-state index in [0.717, 1.165) is 11.1 Å². The molecule has 33 heavy (non-hydrogen) atoms. The summed E-state index contributed by atoms with van der Waals surface area (Å²) in [6.45, 7) is 5.96. The lowest BCUT2D eigenvalue weighted by atomic mass is 10.0. The predicted molar refractivity (Wildman–Crippen MR) is 126 cm³/mol. The summed E-state index contributed by atoms with van der Waals surface area (Å²) in [6, 6.07) is 13.6. The molecule has 0 saturated heterocycles. The number of carbonyl (C=O) groups is 1. The zero-order valence-electron chi connectivity index (χ0n) is 18.7. The second-order valence-electron chi connectivity index (χ2n) is 7.89. The van der Waals surface area contributed by atoms with Crippen molar-refractivity contribution >= 4 is 28.3 Å². The zero-order chi connectivity index (χ0) is 23.7. The van der Waals surface area contributed by atoms with Crippen LogP contribution in [0.2, 0.25) is 0 Å². The first-order valence-electron chi connectivity index (χ1n) is 10.4. The Morgan fingerprint density at radius 2 is 1.94 bits per heavy atom. The van der Waals surface area contributed by atoms with E-state index in [1.165, 1.54) is 25.3 Å². The third-order valence-corrected chi connectivity index (χ3v) is 5.36. The van der Waals surface area contributed by atoms with Gasteiger partial charge in [-0.15, -0.1) is 0 Å². The minimum atomic E-state index is -0.525. The molecule has 0 bridgehead atoms. The Balaban J connectivity index is 1.87. The number of benzene rings is 2. The summed E-state index contributed by atoms with van der Waals surface area (Å²) in [5.41, 5.74) is 3.55. The van der Waals surface area contributed by atoms with Crippen molar-refractivity contribution < 1.29 is 14.5 Å². The monoisotopic (exact) mass is 445 g/mol. The number of hydrogen-bond acceptors (Lipinski definition) is 6. The lowest BCUT2D eigenvalue weighted by molar-refractivity contribution is -0.384. The molecule has 0 aliphatic carbocycles. The second kappa shape index (κ2) is 8.70. The third-order valence-electron chi connectivity index (χ3n) is 5.36. The van der Waals surface area contributed by atoms with Gasteiger partial charge in [-0.1, -0.05) is 24.3 Å². The first-order chi connectivity index (χ1) is 15.8. The van der Waals surface area contributed by atoms with E-state index >= 15 is 0 Å². The van der Waals surface area contributed by atoms with Crippen LogP contribution in [-0.4, -0.2) is 32.7 Å². The second-order valence-corrected chi connectivity index (χ2v) is 7.89. The van der Waals surface area contributed by atoms with Crippen LogP contribution in [0.3, 0.4) is 0 Å². The number of ether oxygens (including phenoxy) is 1. The molecule has 4 rings (SSSR count). The average molecular weight is 445 g/mol. The number of methoxy groups -OCH3 is 1. The highest BCUT2D eigenvalue weighted by Crippen LogP contribution is 2.32. The highest BCUT2D eigenvalue weighted by molar-refractivity contribution is 6.13. The van der Waals surface area contributed by atoms with Crippen molar-refractivity contribution in [3.63, 3.8) is 0 Å². The highest BCUT2D eigenvalue weighted by Gasteiger charge is 2.21. The summed E-state index contributed by atoms with van der Waals surface area (Å²) in [4.78, 5) is 28.9. The number of rotatable bonds is 6. The van der Waals surface area contributed by atoms with Crippen LogP contribution < -0.4 is 10.1 Å². The number of aryl methyl sites for hydroxylation is 1. The summed E-state index contributed by atoms with van der Waals surface area (Å²) in [7, 11) is 1.43. The first-order valence-corrected chi connectivity index (χ1v) is 10.4. The Morgan fingerprint density at radius 3 is 2.61 bits per heavy atom. The molecule has 0 spiro atoms. The van der Waals surface area contributed by atoms with Gasteiger partial charge in [0.05, 0.1) is 40.6 Å². The summed E-state index contributed by atoms with van der Waals surface area (Å²) in [5.74, 6) is -0.129. The molecule has 1 amide bonds. The molecule has 0 aliphatic heterocycles. The number of non-ortho nitro benzene ring substituents is 1. The number of nitrogens with zero attached hydrogens (tertiary/aromatic N) is 4. The van der Waals surface area contributed by atoms with Crippen molar-refractivity contribution in [3.05, 3.63) is 76.0 Å². The van der Waals surface area contributed by atoms with Crippen molar-refractivity contribution in [2.45, 2.75) is 26.8 Å². The quantitative estimate of drug-likeness (QED) is 0.324. The van der Waals surface area contributed by atoms with E-state index in [4.69, 9.17) is 9.72 Å². The predicted octanol–water partition coefficient (Wildman–Crippen LogP) is 5.16. The number of aromatic nitrogens is 3. The zero-order valence-corrected chi connectivity index (χ0v) is 18.7. The molecule has 1 N–H and O–H groups in total.